The van der Waals surface area contributed by atoms with Crippen LogP contribution in [0.1, 0.15) is 43.8 Å². The van der Waals surface area contributed by atoms with E-state index in [-0.39, 0.29) is 5.56 Å². The van der Waals surface area contributed by atoms with Gasteiger partial charge in [0.25, 0.3) is 5.56 Å². The maximum atomic E-state index is 11.7. The molecule has 2 rings (SSSR count). The smallest absolute Gasteiger partial charge is 0.266 e. The molecule has 0 amide bonds. The van der Waals surface area contributed by atoms with Gasteiger partial charge in [-0.25, -0.2) is 4.68 Å². The molecular weight excluding hydrogens is 190 g/mol. The minimum absolute atomic E-state index is 0.119. The van der Waals surface area contributed by atoms with Gasteiger partial charge >= 0.3 is 0 Å². The van der Waals surface area contributed by atoms with Crippen LogP contribution < -0.4 is 11.3 Å². The lowest BCUT2D eigenvalue weighted by Gasteiger charge is -2.09. The van der Waals surface area contributed by atoms with Crippen LogP contribution in [0.3, 0.4) is 0 Å². The third-order valence-corrected chi connectivity index (χ3v) is 3.14. The van der Waals surface area contributed by atoms with E-state index in [1.165, 1.54) is 12.8 Å². The van der Waals surface area contributed by atoms with E-state index in [0.717, 1.165) is 31.4 Å². The lowest BCUT2D eigenvalue weighted by atomic mass is 10.2. The third-order valence-electron chi connectivity index (χ3n) is 3.14. The molecule has 0 saturated heterocycles. The Balaban J connectivity index is 2.10. The molecule has 0 unspecified atom stereocenters. The summed E-state index contributed by atoms with van der Waals surface area (Å²) in [4.78, 5) is 11.7. The van der Waals surface area contributed by atoms with Crippen molar-refractivity contribution in [3.05, 3.63) is 22.1 Å². The van der Waals surface area contributed by atoms with Crippen LogP contribution in [-0.4, -0.2) is 16.3 Å². The van der Waals surface area contributed by atoms with Gasteiger partial charge in [-0.2, -0.15) is 0 Å². The van der Waals surface area contributed by atoms with Gasteiger partial charge in [-0.15, -0.1) is 0 Å². The number of nitrogens with zero attached hydrogens (tertiary/aromatic N) is 1. The Kier molecular flexibility index (Phi) is 3.26. The standard InChI is InChI=1S/C11H19N3O/c12-7-3-4-9-8-11(15)14(13-9)10-5-1-2-6-10/h8,10,13H,1-7,12H2. The fourth-order valence-corrected chi connectivity index (χ4v) is 2.31. The van der Waals surface area contributed by atoms with Crippen molar-refractivity contribution in [3.8, 4) is 0 Å². The second kappa shape index (κ2) is 4.66. The van der Waals surface area contributed by atoms with Crippen molar-refractivity contribution in [2.75, 3.05) is 6.54 Å². The zero-order chi connectivity index (χ0) is 10.7. The van der Waals surface area contributed by atoms with Crippen LogP contribution in [0.2, 0.25) is 0 Å². The minimum atomic E-state index is 0.119. The Morgan fingerprint density at radius 3 is 2.87 bits per heavy atom. The summed E-state index contributed by atoms with van der Waals surface area (Å²) in [6, 6.07) is 2.12. The van der Waals surface area contributed by atoms with Gasteiger partial charge in [-0.1, -0.05) is 12.8 Å². The molecule has 4 nitrogen and oxygen atoms in total. The molecule has 1 aliphatic rings. The zero-order valence-electron chi connectivity index (χ0n) is 9.04. The zero-order valence-corrected chi connectivity index (χ0v) is 9.04. The topological polar surface area (TPSA) is 63.8 Å². The van der Waals surface area contributed by atoms with E-state index in [2.05, 4.69) is 5.10 Å². The van der Waals surface area contributed by atoms with Gasteiger partial charge < -0.3 is 5.73 Å². The molecule has 1 heterocycles. The van der Waals surface area contributed by atoms with Crippen molar-refractivity contribution in [1.29, 1.82) is 0 Å². The molecule has 1 fully saturated rings. The van der Waals surface area contributed by atoms with Crippen LogP contribution >= 0.6 is 0 Å². The maximum Gasteiger partial charge on any atom is 0.266 e. The van der Waals surface area contributed by atoms with Gasteiger partial charge in [-0.3, -0.25) is 9.89 Å². The number of H-pyrrole nitrogens is 1. The Labute approximate surface area is 89.5 Å². The van der Waals surface area contributed by atoms with Crippen molar-refractivity contribution < 1.29 is 0 Å². The van der Waals surface area contributed by atoms with Gasteiger partial charge in [0, 0.05) is 11.8 Å². The average Bonchev–Trinajstić information content (AvgIpc) is 2.83. The fraction of sp³-hybridized carbons (Fsp3) is 0.727. The van der Waals surface area contributed by atoms with E-state index in [4.69, 9.17) is 5.73 Å². The normalized spacial score (nSPS) is 17.4. The summed E-state index contributed by atoms with van der Waals surface area (Å²) in [7, 11) is 0. The monoisotopic (exact) mass is 209 g/mol. The summed E-state index contributed by atoms with van der Waals surface area (Å²) >= 11 is 0. The van der Waals surface area contributed by atoms with E-state index >= 15 is 0 Å². The molecule has 1 aromatic rings. The van der Waals surface area contributed by atoms with Gasteiger partial charge in [0.15, 0.2) is 0 Å². The summed E-state index contributed by atoms with van der Waals surface area (Å²) in [6.07, 6.45) is 6.58. The molecule has 84 valence electrons. The van der Waals surface area contributed by atoms with Crippen molar-refractivity contribution in [3.63, 3.8) is 0 Å². The Hall–Kier alpha value is -1.03. The highest BCUT2D eigenvalue weighted by molar-refractivity contribution is 5.01. The largest absolute Gasteiger partial charge is 0.330 e. The van der Waals surface area contributed by atoms with Crippen LogP contribution in [0, 0.1) is 0 Å². The number of nitrogens with one attached hydrogen (secondary N) is 1. The molecule has 15 heavy (non-hydrogen) atoms. The summed E-state index contributed by atoms with van der Waals surface area (Å²) in [5.41, 5.74) is 6.59. The summed E-state index contributed by atoms with van der Waals surface area (Å²) < 4.78 is 1.80. The fourth-order valence-electron chi connectivity index (χ4n) is 2.31. The highest BCUT2D eigenvalue weighted by atomic mass is 16.1. The second-order valence-corrected chi connectivity index (χ2v) is 4.32. The Morgan fingerprint density at radius 2 is 2.20 bits per heavy atom. The highest BCUT2D eigenvalue weighted by Crippen LogP contribution is 2.27. The molecule has 0 aromatic carbocycles. The lowest BCUT2D eigenvalue weighted by Crippen LogP contribution is -2.19. The predicted octanol–water partition coefficient (Wildman–Crippen LogP) is 1.18. The van der Waals surface area contributed by atoms with Crippen LogP contribution in [0.25, 0.3) is 0 Å². The molecule has 4 heteroatoms. The molecule has 0 aliphatic heterocycles. The molecule has 0 radical (unpaired) electrons. The number of aromatic nitrogens is 2. The lowest BCUT2D eigenvalue weighted by molar-refractivity contribution is 0.450. The van der Waals surface area contributed by atoms with Crippen LogP contribution in [0.15, 0.2) is 10.9 Å². The van der Waals surface area contributed by atoms with Gasteiger partial charge in [0.2, 0.25) is 0 Å². The second-order valence-electron chi connectivity index (χ2n) is 4.32. The Morgan fingerprint density at radius 1 is 1.47 bits per heavy atom. The number of hydrogen-bond acceptors (Lipinski definition) is 2. The van der Waals surface area contributed by atoms with E-state index in [0.29, 0.717) is 12.6 Å². The van der Waals surface area contributed by atoms with Crippen molar-refractivity contribution in [1.82, 2.24) is 9.78 Å². The summed E-state index contributed by atoms with van der Waals surface area (Å²) in [5.74, 6) is 0. The van der Waals surface area contributed by atoms with Gasteiger partial charge in [0.1, 0.15) is 0 Å². The molecule has 1 aromatic heterocycles. The van der Waals surface area contributed by atoms with Crippen molar-refractivity contribution >= 4 is 0 Å². The van der Waals surface area contributed by atoms with E-state index < -0.39 is 0 Å². The quantitative estimate of drug-likeness (QED) is 0.782. The number of rotatable bonds is 4. The first-order valence-corrected chi connectivity index (χ1v) is 5.82. The highest BCUT2D eigenvalue weighted by Gasteiger charge is 2.19. The molecule has 1 aliphatic carbocycles. The SMILES string of the molecule is NCCCc1cc(=O)n(C2CCCC2)[nH]1. The van der Waals surface area contributed by atoms with E-state index in [9.17, 15) is 4.79 Å². The van der Waals surface area contributed by atoms with Gasteiger partial charge in [-0.05, 0) is 32.2 Å². The number of nitrogens with two attached hydrogens (primary N) is 1. The Bertz CT molecular complexity index is 360. The number of aromatic amines is 1. The average molecular weight is 209 g/mol. The van der Waals surface area contributed by atoms with Crippen LogP contribution in [-0.2, 0) is 6.42 Å². The van der Waals surface area contributed by atoms with Gasteiger partial charge in [0.05, 0.1) is 6.04 Å². The molecule has 0 atom stereocenters. The first-order chi connectivity index (χ1) is 7.31. The summed E-state index contributed by atoms with van der Waals surface area (Å²) in [6.45, 7) is 0.677. The van der Waals surface area contributed by atoms with Crippen LogP contribution in [0.5, 0.6) is 0 Å². The van der Waals surface area contributed by atoms with E-state index in [1.807, 2.05) is 0 Å². The first-order valence-electron chi connectivity index (χ1n) is 5.82. The molecule has 3 N–H and O–H groups in total. The number of hydrogen-bond donors (Lipinski definition) is 2. The maximum absolute atomic E-state index is 11.7. The van der Waals surface area contributed by atoms with Crippen molar-refractivity contribution in [2.45, 2.75) is 44.6 Å². The minimum Gasteiger partial charge on any atom is -0.330 e. The van der Waals surface area contributed by atoms with E-state index in [1.54, 1.807) is 10.7 Å². The first kappa shape index (κ1) is 10.5. The molecule has 0 spiro atoms. The third kappa shape index (κ3) is 2.31. The number of aryl methyl sites for hydroxylation is 1. The predicted molar refractivity (Wildman–Crippen MR) is 59.9 cm³/mol. The molecular formula is C11H19N3O. The molecule has 1 saturated carbocycles. The molecule has 0 bridgehead atoms. The summed E-state index contributed by atoms with van der Waals surface area (Å²) in [5, 5.41) is 3.21. The van der Waals surface area contributed by atoms with Crippen LogP contribution in [0.4, 0.5) is 0 Å². The van der Waals surface area contributed by atoms with Crippen molar-refractivity contribution in [2.24, 2.45) is 5.73 Å².